The van der Waals surface area contributed by atoms with Crippen LogP contribution >= 0.6 is 24.8 Å². The Morgan fingerprint density at radius 2 is 1.84 bits per heavy atom. The molecule has 1 aromatic carbocycles. The molecule has 2 N–H and O–H groups in total. The average Bonchev–Trinajstić information content (AvgIpc) is 3.35. The number of hydrogen-bond donors (Lipinski definition) is 2. The zero-order chi connectivity index (χ0) is 16.4. The fourth-order valence-corrected chi connectivity index (χ4v) is 2.78. The summed E-state index contributed by atoms with van der Waals surface area (Å²) in [5, 5.41) is 12.4. The standard InChI is InChI=1S/C18H21N3O2.2ClH/c1-19-18(7-8-18)12-21(2)16-9-15(10-20-11-16)13-3-5-14(6-4-13)17(22)23;;/h3-6,9-11,19H,7-8,12H2,1-2H3,(H,22,23);2*1H. The van der Waals surface area contributed by atoms with Crippen molar-refractivity contribution < 1.29 is 9.90 Å². The van der Waals surface area contributed by atoms with E-state index in [1.165, 1.54) is 12.8 Å². The van der Waals surface area contributed by atoms with Crippen LogP contribution in [0.25, 0.3) is 11.1 Å². The van der Waals surface area contributed by atoms with Gasteiger partial charge in [-0.05, 0) is 43.7 Å². The largest absolute Gasteiger partial charge is 0.478 e. The van der Waals surface area contributed by atoms with Crippen LogP contribution in [0.3, 0.4) is 0 Å². The molecule has 3 rings (SSSR count). The highest BCUT2D eigenvalue weighted by molar-refractivity contribution is 5.88. The maximum atomic E-state index is 10.9. The topological polar surface area (TPSA) is 65.5 Å². The van der Waals surface area contributed by atoms with Gasteiger partial charge in [-0.1, -0.05) is 12.1 Å². The minimum absolute atomic E-state index is 0. The van der Waals surface area contributed by atoms with Gasteiger partial charge in [0.2, 0.25) is 0 Å². The lowest BCUT2D eigenvalue weighted by Crippen LogP contribution is -2.39. The van der Waals surface area contributed by atoms with Gasteiger partial charge in [-0.3, -0.25) is 4.98 Å². The number of aromatic carboxylic acids is 1. The molecule has 2 aromatic rings. The minimum atomic E-state index is -0.912. The first-order valence-electron chi connectivity index (χ1n) is 7.72. The molecule has 0 saturated heterocycles. The Balaban J connectivity index is 0.00000156. The molecule has 0 spiro atoms. The van der Waals surface area contributed by atoms with Crippen LogP contribution in [0.2, 0.25) is 0 Å². The maximum Gasteiger partial charge on any atom is 0.335 e. The third-order valence-corrected chi connectivity index (χ3v) is 4.55. The third kappa shape index (κ3) is 4.84. The monoisotopic (exact) mass is 383 g/mol. The average molecular weight is 384 g/mol. The molecule has 0 bridgehead atoms. The fraction of sp³-hybridized carbons (Fsp3) is 0.333. The van der Waals surface area contributed by atoms with Crippen molar-refractivity contribution in [2.24, 2.45) is 0 Å². The van der Waals surface area contributed by atoms with E-state index in [-0.39, 0.29) is 30.4 Å². The Kier molecular flexibility index (Phi) is 7.23. The van der Waals surface area contributed by atoms with E-state index < -0.39 is 5.97 Å². The van der Waals surface area contributed by atoms with Crippen molar-refractivity contribution in [1.29, 1.82) is 0 Å². The summed E-state index contributed by atoms with van der Waals surface area (Å²) in [6.45, 7) is 0.951. The first-order valence-corrected chi connectivity index (χ1v) is 7.72. The fourth-order valence-electron chi connectivity index (χ4n) is 2.78. The van der Waals surface area contributed by atoms with Crippen LogP contribution in [-0.2, 0) is 0 Å². The summed E-state index contributed by atoms with van der Waals surface area (Å²) in [6, 6.07) is 8.97. The molecule has 0 atom stereocenters. The summed E-state index contributed by atoms with van der Waals surface area (Å²) in [5.41, 5.74) is 3.55. The molecule has 1 aromatic heterocycles. The molecule has 1 fully saturated rings. The Morgan fingerprint density at radius 1 is 1.20 bits per heavy atom. The van der Waals surface area contributed by atoms with Crippen LogP contribution in [0, 0.1) is 0 Å². The van der Waals surface area contributed by atoms with E-state index >= 15 is 0 Å². The molecule has 0 radical (unpaired) electrons. The van der Waals surface area contributed by atoms with Crippen molar-refractivity contribution >= 4 is 36.5 Å². The number of likely N-dealkylation sites (N-methyl/N-ethyl adjacent to an activating group) is 2. The predicted molar refractivity (Wildman–Crippen MR) is 105 cm³/mol. The van der Waals surface area contributed by atoms with Crippen LogP contribution in [0.4, 0.5) is 5.69 Å². The molecule has 1 aliphatic rings. The van der Waals surface area contributed by atoms with E-state index in [0.717, 1.165) is 23.4 Å². The normalized spacial score (nSPS) is 14.0. The van der Waals surface area contributed by atoms with Crippen molar-refractivity contribution in [2.75, 3.05) is 25.5 Å². The van der Waals surface area contributed by atoms with Gasteiger partial charge in [0.25, 0.3) is 0 Å². The van der Waals surface area contributed by atoms with Crippen LogP contribution in [0.15, 0.2) is 42.7 Å². The second-order valence-electron chi connectivity index (χ2n) is 6.20. The van der Waals surface area contributed by atoms with E-state index in [1.807, 2.05) is 25.4 Å². The number of benzene rings is 1. The molecule has 0 unspecified atom stereocenters. The van der Waals surface area contributed by atoms with Gasteiger partial charge in [0, 0.05) is 30.9 Å². The summed E-state index contributed by atoms with van der Waals surface area (Å²) < 4.78 is 0. The van der Waals surface area contributed by atoms with Gasteiger partial charge in [0.15, 0.2) is 0 Å². The molecule has 1 aliphatic carbocycles. The Bertz CT molecular complexity index is 719. The zero-order valence-electron chi connectivity index (χ0n) is 14.2. The molecule has 1 saturated carbocycles. The molecular formula is C18H23Cl2N3O2. The van der Waals surface area contributed by atoms with E-state index in [2.05, 4.69) is 28.3 Å². The predicted octanol–water partition coefficient (Wildman–Crippen LogP) is 3.48. The molecule has 0 aliphatic heterocycles. The number of rotatable bonds is 6. The molecule has 0 amide bonds. The molecule has 136 valence electrons. The number of aromatic nitrogens is 1. The van der Waals surface area contributed by atoms with Gasteiger partial charge < -0.3 is 15.3 Å². The lowest BCUT2D eigenvalue weighted by Gasteiger charge is -2.25. The second kappa shape index (κ2) is 8.52. The summed E-state index contributed by atoms with van der Waals surface area (Å²) in [6.07, 6.45) is 6.08. The number of carboxylic acid groups (broad SMARTS) is 1. The van der Waals surface area contributed by atoms with Crippen molar-refractivity contribution in [3.63, 3.8) is 0 Å². The number of anilines is 1. The second-order valence-corrected chi connectivity index (χ2v) is 6.20. The number of hydrogen-bond acceptors (Lipinski definition) is 4. The molecule has 25 heavy (non-hydrogen) atoms. The van der Waals surface area contributed by atoms with E-state index in [4.69, 9.17) is 5.11 Å². The Labute approximate surface area is 160 Å². The summed E-state index contributed by atoms with van der Waals surface area (Å²) in [7, 11) is 4.09. The minimum Gasteiger partial charge on any atom is -0.478 e. The van der Waals surface area contributed by atoms with Gasteiger partial charge in [0.05, 0.1) is 17.4 Å². The third-order valence-electron chi connectivity index (χ3n) is 4.55. The van der Waals surface area contributed by atoms with Crippen LogP contribution < -0.4 is 10.2 Å². The lowest BCUT2D eigenvalue weighted by molar-refractivity contribution is 0.0697. The van der Waals surface area contributed by atoms with Gasteiger partial charge in [-0.15, -0.1) is 24.8 Å². The Morgan fingerprint density at radius 3 is 2.36 bits per heavy atom. The lowest BCUT2D eigenvalue weighted by atomic mass is 10.1. The first-order chi connectivity index (χ1) is 11.0. The van der Waals surface area contributed by atoms with E-state index in [1.54, 1.807) is 18.3 Å². The van der Waals surface area contributed by atoms with Gasteiger partial charge >= 0.3 is 5.97 Å². The quantitative estimate of drug-likeness (QED) is 0.799. The highest BCUT2D eigenvalue weighted by Crippen LogP contribution is 2.36. The van der Waals surface area contributed by atoms with Crippen molar-refractivity contribution in [2.45, 2.75) is 18.4 Å². The highest BCUT2D eigenvalue weighted by Gasteiger charge is 2.41. The number of nitrogens with one attached hydrogen (secondary N) is 1. The zero-order valence-corrected chi connectivity index (χ0v) is 15.9. The number of carboxylic acids is 1. The van der Waals surface area contributed by atoms with Crippen LogP contribution in [0.5, 0.6) is 0 Å². The molecule has 7 heteroatoms. The van der Waals surface area contributed by atoms with Gasteiger partial charge in [-0.25, -0.2) is 4.79 Å². The van der Waals surface area contributed by atoms with Crippen LogP contribution in [0.1, 0.15) is 23.2 Å². The van der Waals surface area contributed by atoms with Crippen LogP contribution in [-0.4, -0.2) is 42.2 Å². The summed E-state index contributed by atoms with van der Waals surface area (Å²) >= 11 is 0. The SMILES string of the molecule is CNC1(CN(C)c2cncc(-c3ccc(C(=O)O)cc3)c2)CC1.Cl.Cl. The molecular weight excluding hydrogens is 361 g/mol. The first kappa shape index (κ1) is 21.2. The van der Waals surface area contributed by atoms with Gasteiger partial charge in [0.1, 0.15) is 0 Å². The van der Waals surface area contributed by atoms with Gasteiger partial charge in [-0.2, -0.15) is 0 Å². The Hall–Kier alpha value is -1.82. The number of nitrogens with zero attached hydrogens (tertiary/aromatic N) is 2. The van der Waals surface area contributed by atoms with Crippen molar-refractivity contribution in [3.8, 4) is 11.1 Å². The van der Waals surface area contributed by atoms with E-state index in [0.29, 0.717) is 5.56 Å². The van der Waals surface area contributed by atoms with Crippen molar-refractivity contribution in [3.05, 3.63) is 48.3 Å². The number of carbonyl (C=O) groups is 1. The summed E-state index contributed by atoms with van der Waals surface area (Å²) in [5.74, 6) is -0.912. The highest BCUT2D eigenvalue weighted by atomic mass is 35.5. The molecule has 5 nitrogen and oxygen atoms in total. The van der Waals surface area contributed by atoms with Crippen molar-refractivity contribution in [1.82, 2.24) is 10.3 Å². The number of pyridine rings is 1. The summed E-state index contributed by atoms with van der Waals surface area (Å²) in [4.78, 5) is 17.5. The molecule has 1 heterocycles. The van der Waals surface area contributed by atoms with E-state index in [9.17, 15) is 4.79 Å². The number of halogens is 2. The maximum absolute atomic E-state index is 10.9. The smallest absolute Gasteiger partial charge is 0.335 e.